The van der Waals surface area contributed by atoms with E-state index in [0.29, 0.717) is 6.42 Å². The minimum absolute atomic E-state index is 0.265. The lowest BCUT2D eigenvalue weighted by molar-refractivity contribution is -0.151. The van der Waals surface area contributed by atoms with Crippen LogP contribution in [0, 0.1) is 0 Å². The SMILES string of the molecule is C[C@@H](C(=O)OCCCOC(=O)[C@H](C)N(C)C)N(C)C. The number of nitrogens with zero attached hydrogens (tertiary/aromatic N) is 2. The summed E-state index contributed by atoms with van der Waals surface area (Å²) in [5.74, 6) is -0.532. The molecule has 0 aromatic rings. The van der Waals surface area contributed by atoms with Crippen molar-refractivity contribution in [1.82, 2.24) is 9.80 Å². The molecule has 6 heteroatoms. The molecule has 0 saturated heterocycles. The molecule has 19 heavy (non-hydrogen) atoms. The summed E-state index contributed by atoms with van der Waals surface area (Å²) in [6.07, 6.45) is 0.512. The van der Waals surface area contributed by atoms with Gasteiger partial charge in [0, 0.05) is 6.42 Å². The Morgan fingerprint density at radius 3 is 1.42 bits per heavy atom. The van der Waals surface area contributed by atoms with Gasteiger partial charge in [-0.15, -0.1) is 0 Å². The fourth-order valence-electron chi connectivity index (χ4n) is 1.07. The highest BCUT2D eigenvalue weighted by atomic mass is 16.5. The number of esters is 2. The first-order chi connectivity index (χ1) is 8.77. The van der Waals surface area contributed by atoms with Gasteiger partial charge in [0.1, 0.15) is 12.1 Å². The van der Waals surface area contributed by atoms with Gasteiger partial charge in [0.15, 0.2) is 0 Å². The molecule has 112 valence electrons. The molecule has 0 fully saturated rings. The molecule has 0 aromatic carbocycles. The molecule has 0 rings (SSSR count). The van der Waals surface area contributed by atoms with Crippen LogP contribution in [0.1, 0.15) is 20.3 Å². The van der Waals surface area contributed by atoms with Gasteiger partial charge in [-0.2, -0.15) is 0 Å². The molecule has 0 unspecified atom stereocenters. The third-order valence-corrected chi connectivity index (χ3v) is 3.01. The number of carbonyl (C=O) groups excluding carboxylic acids is 2. The number of carbonyl (C=O) groups is 2. The highest BCUT2D eigenvalue weighted by Crippen LogP contribution is 1.98. The van der Waals surface area contributed by atoms with Gasteiger partial charge in [-0.25, -0.2) is 0 Å². The number of hydrogen-bond acceptors (Lipinski definition) is 6. The monoisotopic (exact) mass is 274 g/mol. The lowest BCUT2D eigenvalue weighted by Crippen LogP contribution is -2.35. The summed E-state index contributed by atoms with van der Waals surface area (Å²) >= 11 is 0. The summed E-state index contributed by atoms with van der Waals surface area (Å²) < 4.78 is 10.1. The van der Waals surface area contributed by atoms with Gasteiger partial charge in [-0.05, 0) is 42.0 Å². The Morgan fingerprint density at radius 2 is 1.16 bits per heavy atom. The number of hydrogen-bond donors (Lipinski definition) is 0. The number of likely N-dealkylation sites (N-methyl/N-ethyl adjacent to an activating group) is 2. The van der Waals surface area contributed by atoms with Gasteiger partial charge >= 0.3 is 11.9 Å². The molecule has 0 amide bonds. The third kappa shape index (κ3) is 7.12. The fourth-order valence-corrected chi connectivity index (χ4v) is 1.07. The van der Waals surface area contributed by atoms with Crippen molar-refractivity contribution in [3.05, 3.63) is 0 Å². The van der Waals surface area contributed by atoms with Gasteiger partial charge in [-0.3, -0.25) is 19.4 Å². The molecular formula is C13H26N2O4. The Balaban J connectivity index is 3.71. The van der Waals surface area contributed by atoms with Crippen molar-refractivity contribution >= 4 is 11.9 Å². The maximum absolute atomic E-state index is 11.5. The van der Waals surface area contributed by atoms with Gasteiger partial charge in [0.25, 0.3) is 0 Å². The van der Waals surface area contributed by atoms with Gasteiger partial charge in [0.2, 0.25) is 0 Å². The lowest BCUT2D eigenvalue weighted by atomic mass is 10.3. The van der Waals surface area contributed by atoms with Crippen LogP contribution in [0.2, 0.25) is 0 Å². The Labute approximate surface area is 115 Å². The second-order valence-corrected chi connectivity index (χ2v) is 4.97. The molecule has 0 aliphatic rings. The van der Waals surface area contributed by atoms with E-state index in [0.717, 1.165) is 0 Å². The van der Waals surface area contributed by atoms with E-state index < -0.39 is 0 Å². The molecule has 0 N–H and O–H groups in total. The van der Waals surface area contributed by atoms with Crippen LogP contribution in [0.3, 0.4) is 0 Å². The predicted molar refractivity (Wildman–Crippen MR) is 72.8 cm³/mol. The molecule has 2 atom stereocenters. The first kappa shape index (κ1) is 17.9. The molecule has 0 bridgehead atoms. The highest BCUT2D eigenvalue weighted by Gasteiger charge is 2.17. The Bertz CT molecular complexity index is 264. The summed E-state index contributed by atoms with van der Waals surface area (Å²) in [5.41, 5.74) is 0. The van der Waals surface area contributed by atoms with Crippen LogP contribution >= 0.6 is 0 Å². The topological polar surface area (TPSA) is 59.1 Å². The van der Waals surface area contributed by atoms with Crippen LogP contribution in [0.5, 0.6) is 0 Å². The Kier molecular flexibility index (Phi) is 8.34. The summed E-state index contributed by atoms with van der Waals surface area (Å²) in [7, 11) is 7.26. The largest absolute Gasteiger partial charge is 0.464 e. The second-order valence-electron chi connectivity index (χ2n) is 4.97. The number of ether oxygens (including phenoxy) is 2. The molecule has 0 aliphatic heterocycles. The van der Waals surface area contributed by atoms with Crippen molar-refractivity contribution < 1.29 is 19.1 Å². The molecule has 0 aromatic heterocycles. The maximum atomic E-state index is 11.5. The fraction of sp³-hybridized carbons (Fsp3) is 0.846. The highest BCUT2D eigenvalue weighted by molar-refractivity contribution is 5.75. The van der Waals surface area contributed by atoms with Crippen LogP contribution in [0.4, 0.5) is 0 Å². The molecule has 0 saturated carbocycles. The van der Waals surface area contributed by atoms with Crippen LogP contribution in [0.25, 0.3) is 0 Å². The normalized spacial score (nSPS) is 14.3. The quantitative estimate of drug-likeness (QED) is 0.470. The summed E-state index contributed by atoms with van der Waals surface area (Å²) in [6, 6.07) is -0.535. The van der Waals surface area contributed by atoms with Crippen molar-refractivity contribution in [2.24, 2.45) is 0 Å². The van der Waals surface area contributed by atoms with E-state index in [9.17, 15) is 9.59 Å². The summed E-state index contributed by atoms with van der Waals surface area (Å²) in [6.45, 7) is 4.09. The van der Waals surface area contributed by atoms with Crippen molar-refractivity contribution in [2.45, 2.75) is 32.4 Å². The summed E-state index contributed by atoms with van der Waals surface area (Å²) in [4.78, 5) is 26.6. The van der Waals surface area contributed by atoms with E-state index in [2.05, 4.69) is 0 Å². The van der Waals surface area contributed by atoms with E-state index in [1.165, 1.54) is 0 Å². The first-order valence-corrected chi connectivity index (χ1v) is 6.43. The van der Waals surface area contributed by atoms with Gasteiger partial charge in [-0.1, -0.05) is 0 Å². The van der Waals surface area contributed by atoms with Crippen molar-refractivity contribution in [3.8, 4) is 0 Å². The van der Waals surface area contributed by atoms with Gasteiger partial charge < -0.3 is 9.47 Å². The van der Waals surface area contributed by atoms with E-state index in [1.54, 1.807) is 23.6 Å². The van der Waals surface area contributed by atoms with E-state index in [1.807, 2.05) is 28.2 Å². The van der Waals surface area contributed by atoms with Crippen LogP contribution in [-0.2, 0) is 19.1 Å². The van der Waals surface area contributed by atoms with E-state index >= 15 is 0 Å². The summed E-state index contributed by atoms with van der Waals surface area (Å²) in [5, 5.41) is 0. The minimum Gasteiger partial charge on any atom is -0.464 e. The third-order valence-electron chi connectivity index (χ3n) is 3.01. The maximum Gasteiger partial charge on any atom is 0.323 e. The predicted octanol–water partition coefficient (Wildman–Crippen LogP) is 0.363. The van der Waals surface area contributed by atoms with Crippen molar-refractivity contribution in [1.29, 1.82) is 0 Å². The molecule has 0 heterocycles. The van der Waals surface area contributed by atoms with Crippen molar-refractivity contribution in [2.75, 3.05) is 41.4 Å². The first-order valence-electron chi connectivity index (χ1n) is 6.43. The van der Waals surface area contributed by atoms with Gasteiger partial charge in [0.05, 0.1) is 13.2 Å². The standard InChI is InChI=1S/C13H26N2O4/c1-10(14(3)4)12(16)18-8-7-9-19-13(17)11(2)15(5)6/h10-11H,7-9H2,1-6H3/t10-,11-/m0/s1. The molecule has 0 aliphatic carbocycles. The van der Waals surface area contributed by atoms with E-state index in [4.69, 9.17) is 9.47 Å². The average molecular weight is 274 g/mol. The zero-order valence-electron chi connectivity index (χ0n) is 12.8. The zero-order valence-corrected chi connectivity index (χ0v) is 12.8. The lowest BCUT2D eigenvalue weighted by Gasteiger charge is -2.19. The molecule has 0 spiro atoms. The zero-order chi connectivity index (χ0) is 15.0. The smallest absolute Gasteiger partial charge is 0.323 e. The van der Waals surface area contributed by atoms with Crippen LogP contribution < -0.4 is 0 Å². The second kappa shape index (κ2) is 8.87. The Morgan fingerprint density at radius 1 is 0.842 bits per heavy atom. The average Bonchev–Trinajstić information content (AvgIpc) is 2.35. The van der Waals surface area contributed by atoms with Crippen LogP contribution in [-0.4, -0.2) is 75.2 Å². The minimum atomic E-state index is -0.267. The molecule has 0 radical (unpaired) electrons. The number of rotatable bonds is 8. The molecular weight excluding hydrogens is 248 g/mol. The van der Waals surface area contributed by atoms with Crippen LogP contribution in [0.15, 0.2) is 0 Å². The van der Waals surface area contributed by atoms with Crippen molar-refractivity contribution in [3.63, 3.8) is 0 Å². The molecule has 6 nitrogen and oxygen atoms in total. The van der Waals surface area contributed by atoms with E-state index in [-0.39, 0.29) is 37.2 Å². The Hall–Kier alpha value is -1.14.